The molecule has 0 saturated heterocycles. The fourth-order valence-corrected chi connectivity index (χ4v) is 11.3. The van der Waals surface area contributed by atoms with Gasteiger partial charge in [-0.05, 0) is 69.4 Å². The van der Waals surface area contributed by atoms with Crippen LogP contribution in [-0.2, 0) is 0 Å². The summed E-state index contributed by atoms with van der Waals surface area (Å²) in [5.41, 5.74) is 17.5. The van der Waals surface area contributed by atoms with E-state index >= 15 is 0 Å². The summed E-state index contributed by atoms with van der Waals surface area (Å²) in [6.07, 6.45) is 11.6. The molecule has 0 aliphatic rings. The van der Waals surface area contributed by atoms with Crippen LogP contribution in [0.3, 0.4) is 0 Å². The van der Waals surface area contributed by atoms with Crippen molar-refractivity contribution in [2.75, 3.05) is 0 Å². The average Bonchev–Trinajstić information content (AvgIpc) is 4.29. The minimum atomic E-state index is 0.674. The molecule has 0 bridgehead atoms. The van der Waals surface area contributed by atoms with Crippen LogP contribution in [0.2, 0.25) is 0 Å². The highest BCUT2D eigenvalue weighted by Gasteiger charge is 2.27. The van der Waals surface area contributed by atoms with Crippen molar-refractivity contribution >= 4 is 54.9 Å². The van der Waals surface area contributed by atoms with Gasteiger partial charge in [-0.15, -0.1) is 0 Å². The van der Waals surface area contributed by atoms with E-state index in [4.69, 9.17) is 9.97 Å². The summed E-state index contributed by atoms with van der Waals surface area (Å²) in [4.78, 5) is 18.7. The molecule has 0 aliphatic heterocycles. The fraction of sp³-hybridized carbons (Fsp3) is 0. The Hall–Kier alpha value is -10.2. The Morgan fingerprint density at radius 3 is 1.01 bits per heavy atom. The number of hydrogen-bond acceptors (Lipinski definition) is 4. The summed E-state index contributed by atoms with van der Waals surface area (Å²) in [6.45, 7) is 0. The molecule has 8 heteroatoms. The van der Waals surface area contributed by atoms with Crippen LogP contribution in [0.5, 0.6) is 0 Å². The van der Waals surface area contributed by atoms with Crippen LogP contribution in [0.4, 0.5) is 0 Å². The van der Waals surface area contributed by atoms with Gasteiger partial charge in [0, 0.05) is 92.4 Å². The molecule has 0 aliphatic carbocycles. The third-order valence-electron chi connectivity index (χ3n) is 14.6. The van der Waals surface area contributed by atoms with Crippen LogP contribution >= 0.6 is 0 Å². The topological polar surface area (TPSA) is 70.2 Å². The average molecular weight is 947 g/mol. The van der Waals surface area contributed by atoms with Gasteiger partial charge in [0.25, 0.3) is 0 Å². The Morgan fingerprint density at radius 1 is 0.284 bits per heavy atom. The first-order valence-corrected chi connectivity index (χ1v) is 24.9. The van der Waals surface area contributed by atoms with Gasteiger partial charge < -0.3 is 9.13 Å². The molecule has 6 aromatic heterocycles. The van der Waals surface area contributed by atoms with Crippen molar-refractivity contribution in [2.45, 2.75) is 0 Å². The SMILES string of the molecule is c1ccc(-c2c(-c3ccccc3)n(-c3ccc(-c4cn5cccnc5n4)cc3)c3c2ccc2c4ccc5c(-c6ccccc6)c(-c6ccccc6)n(-c6ccc(-c7cn8cccnc8n7)cc6)c5c4ccc23)cc1. The normalized spacial score (nSPS) is 11.8. The van der Waals surface area contributed by atoms with Gasteiger partial charge in [0.05, 0.1) is 33.8 Å². The number of fused-ring (bicyclic) bond motifs is 9. The molecular weight excluding hydrogens is 905 g/mol. The van der Waals surface area contributed by atoms with Gasteiger partial charge >= 0.3 is 0 Å². The van der Waals surface area contributed by atoms with E-state index in [9.17, 15) is 0 Å². The first kappa shape index (κ1) is 41.6. The smallest absolute Gasteiger partial charge is 0.234 e. The van der Waals surface area contributed by atoms with E-state index in [1.54, 1.807) is 12.4 Å². The molecule has 0 unspecified atom stereocenters. The van der Waals surface area contributed by atoms with Gasteiger partial charge in [0.15, 0.2) is 0 Å². The number of rotatable bonds is 8. The van der Waals surface area contributed by atoms with E-state index in [0.29, 0.717) is 11.6 Å². The van der Waals surface area contributed by atoms with E-state index in [1.165, 1.54) is 43.4 Å². The third kappa shape index (κ3) is 6.55. The van der Waals surface area contributed by atoms with Crippen LogP contribution < -0.4 is 0 Å². The highest BCUT2D eigenvalue weighted by molar-refractivity contribution is 6.26. The van der Waals surface area contributed by atoms with Crippen LogP contribution in [0.25, 0.3) is 134 Å². The maximum Gasteiger partial charge on any atom is 0.234 e. The largest absolute Gasteiger partial charge is 0.308 e. The van der Waals surface area contributed by atoms with E-state index in [1.807, 2.05) is 45.7 Å². The predicted octanol–water partition coefficient (Wildman–Crippen LogP) is 16.0. The fourth-order valence-electron chi connectivity index (χ4n) is 11.3. The van der Waals surface area contributed by atoms with E-state index < -0.39 is 0 Å². The van der Waals surface area contributed by atoms with Crippen molar-refractivity contribution in [3.63, 3.8) is 0 Å². The number of nitrogens with zero attached hydrogens (tertiary/aromatic N) is 8. The van der Waals surface area contributed by atoms with Crippen molar-refractivity contribution in [3.8, 4) is 78.7 Å². The standard InChI is InChI=1S/C66H42N8/c1-5-15-45(16-6-1)59-55-35-31-51-52-32-36-56-60(46-17-7-2-8-18-46)62(48-21-11-4-12-22-48)74(50-29-25-44(26-30-50)58-42-72-40-14-38-68-66(72)70-58)64(56)54(52)34-33-53(51)63(55)73(61(59)47-19-9-3-10-20-47)49-27-23-43(24-28-49)57-41-71-39-13-37-67-65(71)69-57/h1-42H. The molecule has 74 heavy (non-hydrogen) atoms. The summed E-state index contributed by atoms with van der Waals surface area (Å²) in [5.74, 6) is 1.35. The Labute approximate surface area is 425 Å². The van der Waals surface area contributed by atoms with Crippen LogP contribution in [0, 0.1) is 0 Å². The molecule has 0 amide bonds. The molecule has 0 radical (unpaired) electrons. The van der Waals surface area contributed by atoms with Crippen molar-refractivity contribution in [2.24, 2.45) is 0 Å². The van der Waals surface area contributed by atoms with Gasteiger partial charge in [-0.25, -0.2) is 19.9 Å². The molecule has 0 N–H and O–H groups in total. The number of benzene rings is 9. The Bertz CT molecular complexity index is 4250. The lowest BCUT2D eigenvalue weighted by Gasteiger charge is -2.16. The molecule has 0 saturated carbocycles. The summed E-state index contributed by atoms with van der Waals surface area (Å²) in [7, 11) is 0. The van der Waals surface area contributed by atoms with Gasteiger partial charge in [0.2, 0.25) is 11.6 Å². The molecule has 0 fully saturated rings. The molecule has 9 aromatic carbocycles. The minimum absolute atomic E-state index is 0.674. The summed E-state index contributed by atoms with van der Waals surface area (Å²) >= 11 is 0. The van der Waals surface area contributed by atoms with E-state index in [0.717, 1.165) is 78.6 Å². The van der Waals surface area contributed by atoms with E-state index in [-0.39, 0.29) is 0 Å². The second-order valence-corrected chi connectivity index (χ2v) is 18.8. The van der Waals surface area contributed by atoms with Crippen molar-refractivity contribution in [3.05, 3.63) is 256 Å². The molecule has 346 valence electrons. The quantitative estimate of drug-likeness (QED) is 0.142. The lowest BCUT2D eigenvalue weighted by atomic mass is 9.94. The highest BCUT2D eigenvalue weighted by atomic mass is 15.1. The van der Waals surface area contributed by atoms with Gasteiger partial charge in [-0.3, -0.25) is 8.80 Å². The van der Waals surface area contributed by atoms with Gasteiger partial charge in [-0.2, -0.15) is 0 Å². The maximum atomic E-state index is 4.86. The molecule has 0 spiro atoms. The van der Waals surface area contributed by atoms with E-state index in [2.05, 4.69) is 225 Å². The van der Waals surface area contributed by atoms with Crippen molar-refractivity contribution in [1.29, 1.82) is 0 Å². The van der Waals surface area contributed by atoms with Crippen LogP contribution in [-0.4, -0.2) is 37.9 Å². The first-order valence-electron chi connectivity index (χ1n) is 24.9. The summed E-state index contributed by atoms with van der Waals surface area (Å²) < 4.78 is 8.90. The molecule has 8 nitrogen and oxygen atoms in total. The number of hydrogen-bond donors (Lipinski definition) is 0. The molecular formula is C66H42N8. The zero-order valence-electron chi connectivity index (χ0n) is 39.8. The van der Waals surface area contributed by atoms with Crippen LogP contribution in [0.1, 0.15) is 0 Å². The predicted molar refractivity (Wildman–Crippen MR) is 301 cm³/mol. The zero-order valence-corrected chi connectivity index (χ0v) is 39.8. The maximum absolute atomic E-state index is 4.86. The molecule has 15 rings (SSSR count). The number of aromatic nitrogens is 8. The van der Waals surface area contributed by atoms with Crippen LogP contribution in [0.15, 0.2) is 256 Å². The van der Waals surface area contributed by atoms with Crippen molar-refractivity contribution in [1.82, 2.24) is 37.9 Å². The lowest BCUT2D eigenvalue weighted by Crippen LogP contribution is -1.99. The number of imidazole rings is 2. The highest BCUT2D eigenvalue weighted by Crippen LogP contribution is 2.49. The zero-order chi connectivity index (χ0) is 48.7. The lowest BCUT2D eigenvalue weighted by molar-refractivity contribution is 1.11. The minimum Gasteiger partial charge on any atom is -0.308 e. The second-order valence-electron chi connectivity index (χ2n) is 18.8. The molecule has 0 atom stereocenters. The Balaban J connectivity index is 1.01. The van der Waals surface area contributed by atoms with Gasteiger partial charge in [-0.1, -0.05) is 182 Å². The summed E-state index contributed by atoms with van der Waals surface area (Å²) in [5, 5.41) is 7.05. The first-order chi connectivity index (χ1) is 36.7. The van der Waals surface area contributed by atoms with Gasteiger partial charge in [0.1, 0.15) is 0 Å². The molecule has 6 heterocycles. The third-order valence-corrected chi connectivity index (χ3v) is 14.6. The Kier molecular flexibility index (Phi) is 9.40. The monoisotopic (exact) mass is 946 g/mol. The second kappa shape index (κ2) is 16.7. The summed E-state index contributed by atoms with van der Waals surface area (Å²) in [6, 6.07) is 78.9. The van der Waals surface area contributed by atoms with Crippen molar-refractivity contribution < 1.29 is 0 Å². The Morgan fingerprint density at radius 2 is 0.635 bits per heavy atom. The molecule has 15 aromatic rings.